The normalized spacial score (nSPS) is 17.6. The van der Waals surface area contributed by atoms with Crippen LogP contribution in [0.1, 0.15) is 67.9 Å². The molecule has 21 N–H and O–H groups in total. The zero-order chi connectivity index (χ0) is 46.9. The Morgan fingerprint density at radius 1 is 0.829 bits per heavy atom. The number of pyridine rings is 1. The highest BCUT2D eigenvalue weighted by Crippen LogP contribution is 2.43. The predicted octanol–water partition coefficient (Wildman–Crippen LogP) is 3.23. The number of fused-ring (bicyclic) bond motifs is 7. The van der Waals surface area contributed by atoms with Gasteiger partial charge in [-0.3, -0.25) is 28.1 Å². The highest BCUT2D eigenvalue weighted by Gasteiger charge is 2.42. The molecule has 402 valence electrons. The summed E-state index contributed by atoms with van der Waals surface area (Å²) in [6, 6.07) is 16.4. The maximum absolute atomic E-state index is 13.3. The van der Waals surface area contributed by atoms with E-state index in [1.165, 1.54) is 12.5 Å². The average molecular weight is 1090 g/mol. The number of halogens is 5. The summed E-state index contributed by atoms with van der Waals surface area (Å²) >= 11 is 12.4. The molecule has 3 aliphatic heterocycles. The summed E-state index contributed by atoms with van der Waals surface area (Å²) in [5.41, 5.74) is 1.65. The van der Waals surface area contributed by atoms with Gasteiger partial charge in [-0.15, -0.1) is 6.58 Å². The largest absolute Gasteiger partial charge is 0.497 e. The number of nitrogens with zero attached hydrogens (tertiary/aromatic N) is 2. The van der Waals surface area contributed by atoms with E-state index in [1.54, 1.807) is 31.5 Å². The van der Waals surface area contributed by atoms with Crippen LogP contribution in [-0.4, -0.2) is 133 Å². The van der Waals surface area contributed by atoms with E-state index in [9.17, 15) is 23.4 Å². The third kappa shape index (κ3) is 21.0. The Kier molecular flexibility index (Phi) is 32.6. The summed E-state index contributed by atoms with van der Waals surface area (Å²) in [5, 5.41) is 28.9. The van der Waals surface area contributed by atoms with Gasteiger partial charge >= 0.3 is 27.0 Å². The fourth-order valence-corrected chi connectivity index (χ4v) is 8.47. The van der Waals surface area contributed by atoms with Crippen LogP contribution in [0.4, 0.5) is 13.2 Å². The molecular weight excluding hydrogens is 1030 g/mol. The topological polar surface area (TPSA) is 448 Å². The van der Waals surface area contributed by atoms with Crippen LogP contribution < -0.4 is 10.1 Å². The van der Waals surface area contributed by atoms with Gasteiger partial charge in [0.25, 0.3) is 0 Å². The number of hydrogen-bond donors (Lipinski definition) is 7. The minimum absolute atomic E-state index is 0. The highest BCUT2D eigenvalue weighted by atomic mass is 35.5. The molecule has 70 heavy (non-hydrogen) atoms. The molecule has 3 aliphatic rings. The van der Waals surface area contributed by atoms with Crippen molar-refractivity contribution in [2.75, 3.05) is 33.3 Å². The van der Waals surface area contributed by atoms with Crippen molar-refractivity contribution < 1.29 is 102 Å². The van der Waals surface area contributed by atoms with Crippen molar-refractivity contribution in [1.82, 2.24) is 15.2 Å². The molecule has 0 radical (unpaired) electrons. The Bertz CT molecular complexity index is 2560. The van der Waals surface area contributed by atoms with E-state index in [2.05, 4.69) is 34.8 Å². The fraction of sp³-hybridized carbons (Fsp3) is 0.405. The summed E-state index contributed by atoms with van der Waals surface area (Å²) < 4.78 is 108. The number of methoxy groups -OCH3 is 1. The molecule has 1 unspecified atom stereocenters. The SMILES string of the molecule is C=C[C@H]1C[N@]2CC[C@H]1C[C@H]2[C@H](O)c1ccnc2ccc(OC)cc12.CCCCNCCC(O)c1cc2c(Cl)cc(Cl)cc2c2cc(C(F)(F)F)ccc12.O.O.O.O.O.O.O.O=S(=O)(O)O.O=S(=O)(O)O. The zero-order valence-electron chi connectivity index (χ0n) is 37.7. The van der Waals surface area contributed by atoms with E-state index in [4.69, 9.17) is 63.0 Å². The van der Waals surface area contributed by atoms with Crippen molar-refractivity contribution in [2.24, 2.45) is 11.8 Å². The lowest BCUT2D eigenvalue weighted by atomic mass is 9.73. The highest BCUT2D eigenvalue weighted by molar-refractivity contribution is 7.80. The maximum Gasteiger partial charge on any atom is 0.416 e. The third-order valence-corrected chi connectivity index (χ3v) is 11.4. The number of alkyl halides is 3. The van der Waals surface area contributed by atoms with E-state index in [-0.39, 0.29) is 44.4 Å². The molecule has 6 atom stereocenters. The number of unbranched alkanes of at least 4 members (excludes halogenated alkanes) is 1. The summed E-state index contributed by atoms with van der Waals surface area (Å²) in [6.07, 6.45) is 2.88. The Hall–Kier alpha value is -3.98. The van der Waals surface area contributed by atoms with Gasteiger partial charge in [-0.25, -0.2) is 0 Å². The Balaban J connectivity index is -0.000000484. The van der Waals surface area contributed by atoms with Gasteiger partial charge in [-0.05, 0) is 139 Å². The van der Waals surface area contributed by atoms with E-state index in [0.29, 0.717) is 62.0 Å². The zero-order valence-corrected chi connectivity index (χ0v) is 40.9. The van der Waals surface area contributed by atoms with Crippen molar-refractivity contribution in [3.63, 3.8) is 0 Å². The van der Waals surface area contributed by atoms with Crippen molar-refractivity contribution in [3.05, 3.63) is 106 Å². The number of aliphatic hydroxyl groups is 2. The minimum Gasteiger partial charge on any atom is -0.497 e. The van der Waals surface area contributed by atoms with Gasteiger partial charge in [0.1, 0.15) is 5.75 Å². The summed E-state index contributed by atoms with van der Waals surface area (Å²) in [4.78, 5) is 6.86. The first-order chi connectivity index (χ1) is 29.4. The molecule has 0 saturated carbocycles. The monoisotopic (exact) mass is 1090 g/mol. The van der Waals surface area contributed by atoms with Crippen molar-refractivity contribution in [2.45, 2.75) is 63.5 Å². The first-order valence-electron chi connectivity index (χ1n) is 19.6. The van der Waals surface area contributed by atoms with E-state index in [1.807, 2.05) is 24.3 Å². The number of piperidine rings is 3. The smallest absolute Gasteiger partial charge is 0.416 e. The van der Waals surface area contributed by atoms with Crippen LogP contribution in [0.3, 0.4) is 0 Å². The van der Waals surface area contributed by atoms with Crippen molar-refractivity contribution in [1.29, 1.82) is 0 Å². The van der Waals surface area contributed by atoms with Crippen LogP contribution in [0.15, 0.2) is 79.5 Å². The standard InChI is InChI=1S/C22H22Cl2F3NO.C20H24N2O2.2H2O4S.7H2O/c1-2-3-7-28-8-6-21(29)19-12-18-17(10-14(23)11-20(18)24)16-9-13(22(25,26)27)4-5-15(16)19;1-3-13-12-22-9-7-14(13)10-19(22)20(23)16-6-8-21-18-5-4-15(24-2)11-17(16)18;2*1-5(2,3)4;;;;;;;/h4-5,9-12,21,28-29H,2-3,6-8H2,1H3;3-6,8,11,13-14,19-20,23H,1,7,9-10,12H2,2H3;2*(H2,1,2,3,4);7*1H2/t;13-,14-,19-,20+;;;;;;;;;/m.0........./s1. The van der Waals surface area contributed by atoms with Crippen LogP contribution in [0.2, 0.25) is 10.0 Å². The molecule has 0 aliphatic carbocycles. The van der Waals surface area contributed by atoms with Gasteiger partial charge in [0, 0.05) is 39.6 Å². The molecule has 1 aromatic heterocycles. The molecule has 3 fully saturated rings. The number of aliphatic hydroxyl groups excluding tert-OH is 2. The van der Waals surface area contributed by atoms with Gasteiger partial charge in [0.2, 0.25) is 0 Å². The first-order valence-corrected chi connectivity index (χ1v) is 23.2. The van der Waals surface area contributed by atoms with E-state index >= 15 is 0 Å². The van der Waals surface area contributed by atoms with Crippen LogP contribution in [-0.2, 0) is 27.0 Å². The van der Waals surface area contributed by atoms with Gasteiger partial charge in [0.05, 0.1) is 30.4 Å². The van der Waals surface area contributed by atoms with Gasteiger partial charge < -0.3 is 58.6 Å². The third-order valence-electron chi connectivity index (χ3n) is 10.8. The summed E-state index contributed by atoms with van der Waals surface area (Å²) in [5.74, 6) is 2.01. The van der Waals surface area contributed by atoms with Crippen LogP contribution >= 0.6 is 23.2 Å². The molecule has 3 saturated heterocycles. The number of ether oxygens (including phenoxy) is 1. The van der Waals surface area contributed by atoms with Gasteiger partial charge in [0.15, 0.2) is 0 Å². The Morgan fingerprint density at radius 2 is 1.43 bits per heavy atom. The van der Waals surface area contributed by atoms with Gasteiger partial charge in [-0.1, -0.05) is 48.7 Å². The maximum atomic E-state index is 13.3. The molecule has 28 heteroatoms. The molecule has 8 rings (SSSR count). The molecule has 0 spiro atoms. The number of benzene rings is 4. The van der Waals surface area contributed by atoms with Crippen molar-refractivity contribution >= 4 is 76.4 Å². The van der Waals surface area contributed by atoms with Crippen LogP contribution in [0, 0.1) is 11.8 Å². The van der Waals surface area contributed by atoms with E-state index in [0.717, 1.165) is 73.2 Å². The van der Waals surface area contributed by atoms with E-state index < -0.39 is 44.7 Å². The fourth-order valence-electron chi connectivity index (χ4n) is 7.92. The number of nitrogens with one attached hydrogen (secondary N) is 1. The predicted molar refractivity (Wildman–Crippen MR) is 263 cm³/mol. The minimum atomic E-state index is -4.67. The average Bonchev–Trinajstić information content (AvgIpc) is 3.21. The first kappa shape index (κ1) is 72.6. The molecule has 2 bridgehead atoms. The second-order valence-corrected chi connectivity index (χ2v) is 17.6. The molecule has 4 aromatic carbocycles. The molecule has 4 heterocycles. The molecular formula is C42H64Cl2F3N3O18S2. The second-order valence-electron chi connectivity index (χ2n) is 15.0. The lowest BCUT2D eigenvalue weighted by Crippen LogP contribution is -2.54. The molecule has 5 aromatic rings. The number of hydrogen-bond acceptors (Lipinski definition) is 10. The number of aromatic nitrogens is 1. The summed E-state index contributed by atoms with van der Waals surface area (Å²) in [6.45, 7) is 9.64. The van der Waals surface area contributed by atoms with Crippen LogP contribution in [0.25, 0.3) is 32.4 Å². The van der Waals surface area contributed by atoms with Crippen molar-refractivity contribution in [3.8, 4) is 5.75 Å². The quantitative estimate of drug-likeness (QED) is 0.0432. The Morgan fingerprint density at radius 3 is 1.96 bits per heavy atom. The second kappa shape index (κ2) is 31.5. The summed E-state index contributed by atoms with van der Waals surface area (Å²) in [7, 11) is -7.67. The Labute approximate surface area is 412 Å². The lowest BCUT2D eigenvalue weighted by Gasteiger charge is -2.50. The molecule has 0 amide bonds. The van der Waals surface area contributed by atoms with Crippen LogP contribution in [0.5, 0.6) is 5.75 Å². The lowest BCUT2D eigenvalue weighted by molar-refractivity contribution is -0.137. The molecule has 21 nitrogen and oxygen atoms in total. The number of rotatable bonds is 11. The van der Waals surface area contributed by atoms with Gasteiger partial charge in [-0.2, -0.15) is 30.0 Å².